The highest BCUT2D eigenvalue weighted by atomic mass is 19.4. The molecule has 1 aliphatic rings. The number of ketones is 1. The van der Waals surface area contributed by atoms with Gasteiger partial charge in [0, 0.05) is 13.1 Å². The van der Waals surface area contributed by atoms with Crippen molar-refractivity contribution in [3.05, 3.63) is 0 Å². The zero-order chi connectivity index (χ0) is 13.1. The monoisotopic (exact) mass is 250 g/mol. The highest BCUT2D eigenvalue weighted by Crippen LogP contribution is 2.22. The molecule has 0 aliphatic carbocycles. The normalized spacial score (nSPS) is 18.5. The fourth-order valence-corrected chi connectivity index (χ4v) is 1.34. The molecule has 1 rings (SSSR count). The molecular formula is C9H9F3N2O3. The second kappa shape index (κ2) is 5.14. The van der Waals surface area contributed by atoms with Gasteiger partial charge in [0.25, 0.3) is 5.78 Å². The summed E-state index contributed by atoms with van der Waals surface area (Å²) in [5.74, 6) is -6.32. The Morgan fingerprint density at radius 2 is 1.82 bits per heavy atom. The molecule has 1 saturated heterocycles. The maximum Gasteiger partial charge on any atom is 0.452 e. The van der Waals surface area contributed by atoms with E-state index in [2.05, 4.69) is 4.84 Å². The molecule has 0 N–H and O–H groups in total. The van der Waals surface area contributed by atoms with Crippen molar-refractivity contribution in [3.63, 3.8) is 0 Å². The number of hydrogen-bond acceptors (Lipinski definition) is 5. The summed E-state index contributed by atoms with van der Waals surface area (Å²) in [6.45, 7) is 0.786. The first-order valence-electron chi connectivity index (χ1n) is 4.83. The third kappa shape index (κ3) is 3.42. The zero-order valence-corrected chi connectivity index (χ0v) is 8.66. The van der Waals surface area contributed by atoms with Crippen molar-refractivity contribution >= 4 is 11.8 Å². The van der Waals surface area contributed by atoms with E-state index in [9.17, 15) is 22.8 Å². The van der Waals surface area contributed by atoms with E-state index in [1.807, 2.05) is 0 Å². The van der Waals surface area contributed by atoms with Gasteiger partial charge in [0.1, 0.15) is 0 Å². The number of rotatable bonds is 3. The Hall–Kier alpha value is -1.62. The van der Waals surface area contributed by atoms with Crippen LogP contribution in [0.1, 0.15) is 12.8 Å². The summed E-state index contributed by atoms with van der Waals surface area (Å²) in [6.07, 6.45) is -3.72. The first kappa shape index (κ1) is 13.4. The molecule has 1 aliphatic heterocycles. The molecule has 0 aromatic heterocycles. The minimum absolute atomic E-state index is 0.393. The standard InChI is InChI=1S/C9H9F3N2O3/c10-9(11,12)7(15)6(5-13)8(16)17-14-3-1-2-4-14/h6H,1-4H2. The van der Waals surface area contributed by atoms with E-state index in [1.165, 1.54) is 0 Å². The second-order valence-corrected chi connectivity index (χ2v) is 3.47. The van der Waals surface area contributed by atoms with Gasteiger partial charge in [-0.3, -0.25) is 4.79 Å². The number of alkyl halides is 3. The number of carbonyl (C=O) groups is 2. The fourth-order valence-electron chi connectivity index (χ4n) is 1.34. The van der Waals surface area contributed by atoms with Gasteiger partial charge in [-0.15, -0.1) is 5.06 Å². The van der Waals surface area contributed by atoms with E-state index in [0.29, 0.717) is 13.1 Å². The van der Waals surface area contributed by atoms with Crippen LogP contribution in [0.3, 0.4) is 0 Å². The molecule has 1 fully saturated rings. The smallest absolute Gasteiger partial charge is 0.366 e. The molecule has 0 bridgehead atoms. The fraction of sp³-hybridized carbons (Fsp3) is 0.667. The van der Waals surface area contributed by atoms with E-state index in [1.54, 1.807) is 0 Å². The number of nitrogens with zero attached hydrogens (tertiary/aromatic N) is 2. The van der Waals surface area contributed by atoms with E-state index in [-0.39, 0.29) is 0 Å². The van der Waals surface area contributed by atoms with Crippen molar-refractivity contribution in [2.24, 2.45) is 5.92 Å². The highest BCUT2D eigenvalue weighted by Gasteiger charge is 2.48. The summed E-state index contributed by atoms with van der Waals surface area (Å²) >= 11 is 0. The van der Waals surface area contributed by atoms with Crippen LogP contribution in [0.5, 0.6) is 0 Å². The molecule has 0 radical (unpaired) electrons. The Bertz CT molecular complexity index is 355. The lowest BCUT2D eigenvalue weighted by Crippen LogP contribution is -2.38. The second-order valence-electron chi connectivity index (χ2n) is 3.47. The molecule has 0 aromatic rings. The maximum absolute atomic E-state index is 12.0. The van der Waals surface area contributed by atoms with Crippen molar-refractivity contribution < 1.29 is 27.6 Å². The lowest BCUT2D eigenvalue weighted by atomic mass is 10.1. The number of halogens is 3. The van der Waals surface area contributed by atoms with Gasteiger partial charge in [-0.25, -0.2) is 4.79 Å². The van der Waals surface area contributed by atoms with Crippen molar-refractivity contribution in [2.75, 3.05) is 13.1 Å². The van der Waals surface area contributed by atoms with Gasteiger partial charge in [0.2, 0.25) is 5.92 Å². The summed E-state index contributed by atoms with van der Waals surface area (Å²) in [7, 11) is 0. The predicted octanol–water partition coefficient (Wildman–Crippen LogP) is 0.812. The molecule has 0 aromatic carbocycles. The predicted molar refractivity (Wildman–Crippen MR) is 47.1 cm³/mol. The first-order valence-corrected chi connectivity index (χ1v) is 4.83. The van der Waals surface area contributed by atoms with Crippen LogP contribution in [-0.2, 0) is 14.4 Å². The van der Waals surface area contributed by atoms with Crippen LogP contribution in [0.25, 0.3) is 0 Å². The first-order chi connectivity index (χ1) is 7.86. The Kier molecular flexibility index (Phi) is 4.07. The van der Waals surface area contributed by atoms with Crippen LogP contribution in [-0.4, -0.2) is 36.1 Å². The Morgan fingerprint density at radius 3 is 2.24 bits per heavy atom. The van der Waals surface area contributed by atoms with Crippen molar-refractivity contribution in [1.29, 1.82) is 5.26 Å². The van der Waals surface area contributed by atoms with Crippen molar-refractivity contribution in [1.82, 2.24) is 5.06 Å². The van der Waals surface area contributed by atoms with Gasteiger partial charge in [0.15, 0.2) is 0 Å². The van der Waals surface area contributed by atoms with Crippen LogP contribution in [0, 0.1) is 17.2 Å². The number of hydroxylamine groups is 2. The number of Topliss-reactive ketones (excluding diaryl/α,β-unsaturated/α-hetero) is 1. The molecule has 17 heavy (non-hydrogen) atoms. The molecular weight excluding hydrogens is 241 g/mol. The number of carbonyl (C=O) groups excluding carboxylic acids is 2. The van der Waals surface area contributed by atoms with Gasteiger partial charge >= 0.3 is 12.1 Å². The summed E-state index contributed by atoms with van der Waals surface area (Å²) in [6, 6.07) is 1.01. The largest absolute Gasteiger partial charge is 0.452 e. The number of nitriles is 1. The van der Waals surface area contributed by atoms with Crippen LogP contribution < -0.4 is 0 Å². The van der Waals surface area contributed by atoms with Gasteiger partial charge < -0.3 is 4.84 Å². The highest BCUT2D eigenvalue weighted by molar-refractivity contribution is 6.04. The summed E-state index contributed by atoms with van der Waals surface area (Å²) in [5.41, 5.74) is 0. The molecule has 1 heterocycles. The lowest BCUT2D eigenvalue weighted by molar-refractivity contribution is -0.196. The summed E-state index contributed by atoms with van der Waals surface area (Å²) < 4.78 is 36.1. The molecule has 0 amide bonds. The molecule has 8 heteroatoms. The third-order valence-corrected chi connectivity index (χ3v) is 2.19. The molecule has 1 unspecified atom stereocenters. The third-order valence-electron chi connectivity index (χ3n) is 2.19. The van der Waals surface area contributed by atoms with E-state index < -0.39 is 23.8 Å². The molecule has 0 saturated carbocycles. The molecule has 1 atom stereocenters. The Balaban J connectivity index is 2.64. The number of hydrogen-bond donors (Lipinski definition) is 0. The van der Waals surface area contributed by atoms with Crippen LogP contribution in [0.2, 0.25) is 0 Å². The topological polar surface area (TPSA) is 70.4 Å². The summed E-state index contributed by atoms with van der Waals surface area (Å²) in [5, 5.41) is 9.56. The Labute approximate surface area is 94.7 Å². The van der Waals surface area contributed by atoms with Gasteiger partial charge in [-0.05, 0) is 12.8 Å². The van der Waals surface area contributed by atoms with Crippen molar-refractivity contribution in [3.8, 4) is 6.07 Å². The minimum Gasteiger partial charge on any atom is -0.366 e. The summed E-state index contributed by atoms with van der Waals surface area (Å²) in [4.78, 5) is 26.5. The average molecular weight is 250 g/mol. The van der Waals surface area contributed by atoms with E-state index >= 15 is 0 Å². The van der Waals surface area contributed by atoms with Gasteiger partial charge in [-0.2, -0.15) is 18.4 Å². The maximum atomic E-state index is 12.0. The average Bonchev–Trinajstić information content (AvgIpc) is 2.70. The van der Waals surface area contributed by atoms with E-state index in [4.69, 9.17) is 5.26 Å². The Morgan fingerprint density at radius 1 is 1.29 bits per heavy atom. The minimum atomic E-state index is -5.22. The van der Waals surface area contributed by atoms with Gasteiger partial charge in [-0.1, -0.05) is 0 Å². The molecule has 5 nitrogen and oxygen atoms in total. The zero-order valence-electron chi connectivity index (χ0n) is 8.66. The SMILES string of the molecule is N#CC(C(=O)ON1CCCC1)C(=O)C(F)(F)F. The van der Waals surface area contributed by atoms with Crippen LogP contribution >= 0.6 is 0 Å². The molecule has 0 spiro atoms. The lowest BCUT2D eigenvalue weighted by Gasteiger charge is -2.16. The molecule has 94 valence electrons. The quantitative estimate of drug-likeness (QED) is 0.693. The van der Waals surface area contributed by atoms with E-state index in [0.717, 1.165) is 24.0 Å². The van der Waals surface area contributed by atoms with Gasteiger partial charge in [0.05, 0.1) is 6.07 Å². The van der Waals surface area contributed by atoms with Crippen LogP contribution in [0.15, 0.2) is 0 Å². The van der Waals surface area contributed by atoms with Crippen molar-refractivity contribution in [2.45, 2.75) is 19.0 Å². The van der Waals surface area contributed by atoms with Crippen LogP contribution in [0.4, 0.5) is 13.2 Å².